The smallest absolute Gasteiger partial charge is 0.179 e. The SMILES string of the molecule is COc1ccc(C(=O)C(C)N2CCNCC2)cc1. The van der Waals surface area contributed by atoms with Gasteiger partial charge in [-0.3, -0.25) is 9.69 Å². The molecule has 1 saturated heterocycles. The van der Waals surface area contributed by atoms with Gasteiger partial charge in [-0.05, 0) is 31.2 Å². The van der Waals surface area contributed by atoms with Crippen molar-refractivity contribution < 1.29 is 9.53 Å². The van der Waals surface area contributed by atoms with Crippen LogP contribution < -0.4 is 10.1 Å². The molecule has 0 bridgehead atoms. The molecule has 1 fully saturated rings. The quantitative estimate of drug-likeness (QED) is 0.812. The summed E-state index contributed by atoms with van der Waals surface area (Å²) in [5.74, 6) is 0.959. The predicted octanol–water partition coefficient (Wildman–Crippen LogP) is 1.17. The second kappa shape index (κ2) is 5.98. The van der Waals surface area contributed by atoms with Gasteiger partial charge in [0.1, 0.15) is 5.75 Å². The maximum absolute atomic E-state index is 12.3. The second-order valence-electron chi connectivity index (χ2n) is 4.55. The Morgan fingerprint density at radius 3 is 2.44 bits per heavy atom. The number of Topliss-reactive ketones (excluding diaryl/α,β-unsaturated/α-hetero) is 1. The normalized spacial score (nSPS) is 18.3. The van der Waals surface area contributed by atoms with E-state index in [9.17, 15) is 4.79 Å². The number of ether oxygens (including phenoxy) is 1. The molecule has 0 amide bonds. The Labute approximate surface area is 108 Å². The number of nitrogens with one attached hydrogen (secondary N) is 1. The van der Waals surface area contributed by atoms with Gasteiger partial charge in [-0.2, -0.15) is 0 Å². The third kappa shape index (κ3) is 2.89. The molecule has 0 spiro atoms. The summed E-state index contributed by atoms with van der Waals surface area (Å²) in [4.78, 5) is 14.6. The van der Waals surface area contributed by atoms with Crippen molar-refractivity contribution in [2.24, 2.45) is 0 Å². The summed E-state index contributed by atoms with van der Waals surface area (Å²) in [6, 6.07) is 7.27. The first-order valence-electron chi connectivity index (χ1n) is 6.35. The molecule has 2 rings (SSSR count). The molecule has 1 aliphatic heterocycles. The third-order valence-electron chi connectivity index (χ3n) is 3.45. The van der Waals surface area contributed by atoms with Crippen LogP contribution in [0.4, 0.5) is 0 Å². The zero-order chi connectivity index (χ0) is 13.0. The number of hydrogen-bond donors (Lipinski definition) is 1. The summed E-state index contributed by atoms with van der Waals surface area (Å²) < 4.78 is 5.10. The van der Waals surface area contributed by atoms with Crippen molar-refractivity contribution in [2.75, 3.05) is 33.3 Å². The van der Waals surface area contributed by atoms with E-state index in [0.29, 0.717) is 0 Å². The topological polar surface area (TPSA) is 41.6 Å². The molecular weight excluding hydrogens is 228 g/mol. The minimum Gasteiger partial charge on any atom is -0.497 e. The summed E-state index contributed by atoms with van der Waals surface area (Å²) in [6.45, 7) is 5.77. The van der Waals surface area contributed by atoms with Crippen LogP contribution in [0.2, 0.25) is 0 Å². The average molecular weight is 248 g/mol. The van der Waals surface area contributed by atoms with E-state index < -0.39 is 0 Å². The Balaban J connectivity index is 2.04. The Morgan fingerprint density at radius 1 is 1.28 bits per heavy atom. The minimum atomic E-state index is -0.0551. The first-order chi connectivity index (χ1) is 8.72. The van der Waals surface area contributed by atoms with E-state index in [4.69, 9.17) is 4.74 Å². The monoisotopic (exact) mass is 248 g/mol. The van der Waals surface area contributed by atoms with E-state index in [1.807, 2.05) is 31.2 Å². The average Bonchev–Trinajstić information content (AvgIpc) is 2.47. The van der Waals surface area contributed by atoms with Crippen LogP contribution in [0.5, 0.6) is 5.75 Å². The number of piperazine rings is 1. The summed E-state index contributed by atoms with van der Waals surface area (Å²) >= 11 is 0. The molecule has 0 aromatic heterocycles. The fourth-order valence-corrected chi connectivity index (χ4v) is 2.23. The Bertz CT molecular complexity index is 397. The summed E-state index contributed by atoms with van der Waals surface area (Å²) in [7, 11) is 1.63. The lowest BCUT2D eigenvalue weighted by Crippen LogP contribution is -2.50. The predicted molar refractivity (Wildman–Crippen MR) is 71.2 cm³/mol. The molecule has 18 heavy (non-hydrogen) atoms. The zero-order valence-electron chi connectivity index (χ0n) is 11.0. The summed E-state index contributed by atoms with van der Waals surface area (Å²) in [5.41, 5.74) is 0.752. The van der Waals surface area contributed by atoms with E-state index in [0.717, 1.165) is 37.5 Å². The number of benzene rings is 1. The standard InChI is InChI=1S/C14H20N2O2/c1-11(16-9-7-15-8-10-16)14(17)12-3-5-13(18-2)6-4-12/h3-6,11,15H,7-10H2,1-2H3. The van der Waals surface area contributed by atoms with Crippen molar-refractivity contribution in [1.82, 2.24) is 10.2 Å². The highest BCUT2D eigenvalue weighted by molar-refractivity contribution is 5.99. The highest BCUT2D eigenvalue weighted by Crippen LogP contribution is 2.15. The Kier molecular flexibility index (Phi) is 4.33. The van der Waals surface area contributed by atoms with Crippen molar-refractivity contribution in [3.05, 3.63) is 29.8 Å². The van der Waals surface area contributed by atoms with Crippen LogP contribution in [0.15, 0.2) is 24.3 Å². The van der Waals surface area contributed by atoms with Crippen LogP contribution in [-0.2, 0) is 0 Å². The fraction of sp³-hybridized carbons (Fsp3) is 0.500. The maximum atomic E-state index is 12.3. The molecule has 1 heterocycles. The van der Waals surface area contributed by atoms with Gasteiger partial charge in [0, 0.05) is 31.7 Å². The Morgan fingerprint density at radius 2 is 1.89 bits per heavy atom. The van der Waals surface area contributed by atoms with Crippen molar-refractivity contribution >= 4 is 5.78 Å². The van der Waals surface area contributed by atoms with E-state index in [-0.39, 0.29) is 11.8 Å². The van der Waals surface area contributed by atoms with E-state index in [2.05, 4.69) is 10.2 Å². The second-order valence-corrected chi connectivity index (χ2v) is 4.55. The molecular formula is C14H20N2O2. The van der Waals surface area contributed by atoms with Crippen LogP contribution in [0.3, 0.4) is 0 Å². The van der Waals surface area contributed by atoms with Gasteiger partial charge >= 0.3 is 0 Å². The number of hydrogen-bond acceptors (Lipinski definition) is 4. The molecule has 1 aliphatic rings. The lowest BCUT2D eigenvalue weighted by atomic mass is 10.0. The van der Waals surface area contributed by atoms with Crippen LogP contribution in [0.1, 0.15) is 17.3 Å². The van der Waals surface area contributed by atoms with Gasteiger partial charge in [-0.15, -0.1) is 0 Å². The fourth-order valence-electron chi connectivity index (χ4n) is 2.23. The third-order valence-corrected chi connectivity index (χ3v) is 3.45. The first kappa shape index (κ1) is 13.1. The lowest BCUT2D eigenvalue weighted by Gasteiger charge is -2.31. The molecule has 1 N–H and O–H groups in total. The highest BCUT2D eigenvalue weighted by Gasteiger charge is 2.23. The largest absolute Gasteiger partial charge is 0.497 e. The number of nitrogens with zero attached hydrogens (tertiary/aromatic N) is 1. The van der Waals surface area contributed by atoms with Crippen LogP contribution in [-0.4, -0.2) is 50.0 Å². The molecule has 1 aromatic carbocycles. The van der Waals surface area contributed by atoms with Gasteiger partial charge in [-0.1, -0.05) is 0 Å². The molecule has 0 aliphatic carbocycles. The van der Waals surface area contributed by atoms with Crippen molar-refractivity contribution in [2.45, 2.75) is 13.0 Å². The zero-order valence-corrected chi connectivity index (χ0v) is 11.0. The van der Waals surface area contributed by atoms with Crippen LogP contribution >= 0.6 is 0 Å². The first-order valence-corrected chi connectivity index (χ1v) is 6.35. The molecule has 1 unspecified atom stereocenters. The van der Waals surface area contributed by atoms with Crippen molar-refractivity contribution in [1.29, 1.82) is 0 Å². The van der Waals surface area contributed by atoms with Gasteiger partial charge in [0.25, 0.3) is 0 Å². The number of rotatable bonds is 4. The van der Waals surface area contributed by atoms with Gasteiger partial charge in [0.2, 0.25) is 0 Å². The number of carbonyl (C=O) groups is 1. The lowest BCUT2D eigenvalue weighted by molar-refractivity contribution is 0.0820. The van der Waals surface area contributed by atoms with Crippen molar-refractivity contribution in [3.63, 3.8) is 0 Å². The summed E-state index contributed by atoms with van der Waals surface area (Å²) in [5, 5.41) is 3.29. The van der Waals surface area contributed by atoms with Gasteiger partial charge < -0.3 is 10.1 Å². The number of carbonyl (C=O) groups excluding carboxylic acids is 1. The van der Waals surface area contributed by atoms with Gasteiger partial charge in [0.15, 0.2) is 5.78 Å². The van der Waals surface area contributed by atoms with E-state index >= 15 is 0 Å². The molecule has 1 aromatic rings. The van der Waals surface area contributed by atoms with E-state index in [1.54, 1.807) is 7.11 Å². The molecule has 0 saturated carbocycles. The molecule has 98 valence electrons. The van der Waals surface area contributed by atoms with Gasteiger partial charge in [0.05, 0.1) is 13.2 Å². The Hall–Kier alpha value is -1.39. The molecule has 0 radical (unpaired) electrons. The van der Waals surface area contributed by atoms with Crippen LogP contribution in [0, 0.1) is 0 Å². The van der Waals surface area contributed by atoms with E-state index in [1.165, 1.54) is 0 Å². The molecule has 1 atom stereocenters. The minimum absolute atomic E-state index is 0.0551. The maximum Gasteiger partial charge on any atom is 0.179 e. The number of methoxy groups -OCH3 is 1. The molecule has 4 nitrogen and oxygen atoms in total. The van der Waals surface area contributed by atoms with Gasteiger partial charge in [-0.25, -0.2) is 0 Å². The number of ketones is 1. The van der Waals surface area contributed by atoms with Crippen LogP contribution in [0.25, 0.3) is 0 Å². The van der Waals surface area contributed by atoms with Crippen molar-refractivity contribution in [3.8, 4) is 5.75 Å². The summed E-state index contributed by atoms with van der Waals surface area (Å²) in [6.07, 6.45) is 0. The molecule has 4 heteroatoms. The highest BCUT2D eigenvalue weighted by atomic mass is 16.5.